The fourth-order valence-corrected chi connectivity index (χ4v) is 3.08. The van der Waals surface area contributed by atoms with Crippen LogP contribution in [-0.2, 0) is 0 Å². The summed E-state index contributed by atoms with van der Waals surface area (Å²) in [7, 11) is 0. The molecule has 1 aliphatic rings. The first-order valence-corrected chi connectivity index (χ1v) is 8.41. The van der Waals surface area contributed by atoms with Gasteiger partial charge in [-0.05, 0) is 24.3 Å². The van der Waals surface area contributed by atoms with Crippen molar-refractivity contribution in [2.45, 2.75) is 6.10 Å². The van der Waals surface area contributed by atoms with E-state index in [9.17, 15) is 9.50 Å². The topological polar surface area (TPSA) is 37.1 Å². The zero-order chi connectivity index (χ0) is 16.8. The van der Waals surface area contributed by atoms with Crippen LogP contribution in [0.25, 0.3) is 0 Å². The highest BCUT2D eigenvalue weighted by Gasteiger charge is 2.24. The lowest BCUT2D eigenvalue weighted by Gasteiger charge is -2.34. The van der Waals surface area contributed by atoms with E-state index in [4.69, 9.17) is 4.74 Å². The molecule has 0 saturated carbocycles. The Morgan fingerprint density at radius 1 is 1.04 bits per heavy atom. The first kappa shape index (κ1) is 16.7. The van der Waals surface area contributed by atoms with Crippen LogP contribution in [0.1, 0.15) is 0 Å². The Morgan fingerprint density at radius 2 is 1.71 bits per heavy atom. The molecule has 0 aliphatic carbocycles. The number of benzene rings is 2. The zero-order valence-electron chi connectivity index (χ0n) is 13.7. The molecule has 1 heterocycles. The number of halogens is 1. The van der Waals surface area contributed by atoms with Gasteiger partial charge >= 0.3 is 0 Å². The SMILES string of the molecule is O[C@H](COc1ccccc1)C[NH+]1CCN(c2ccccc2F)CC1. The lowest BCUT2D eigenvalue weighted by Crippen LogP contribution is -3.16. The molecule has 1 fully saturated rings. The third kappa shape index (κ3) is 4.46. The minimum absolute atomic E-state index is 0.169. The van der Waals surface area contributed by atoms with Crippen molar-refractivity contribution >= 4 is 5.69 Å². The third-order valence-electron chi connectivity index (χ3n) is 4.37. The van der Waals surface area contributed by atoms with Crippen LogP contribution in [-0.4, -0.2) is 50.5 Å². The second kappa shape index (κ2) is 8.13. The van der Waals surface area contributed by atoms with E-state index in [1.807, 2.05) is 42.5 Å². The number of aliphatic hydroxyl groups excluding tert-OH is 1. The number of anilines is 1. The van der Waals surface area contributed by atoms with Crippen LogP contribution in [0.15, 0.2) is 54.6 Å². The van der Waals surface area contributed by atoms with Crippen molar-refractivity contribution in [3.05, 3.63) is 60.4 Å². The van der Waals surface area contributed by atoms with Gasteiger partial charge in [0.25, 0.3) is 0 Å². The number of hydrogen-bond donors (Lipinski definition) is 2. The average molecular weight is 331 g/mol. The number of para-hydroxylation sites is 2. The lowest BCUT2D eigenvalue weighted by atomic mass is 10.2. The first-order valence-electron chi connectivity index (χ1n) is 8.41. The molecule has 128 valence electrons. The Hall–Kier alpha value is -2.11. The maximum absolute atomic E-state index is 13.8. The molecule has 5 heteroatoms. The van der Waals surface area contributed by atoms with Gasteiger partial charge in [0.1, 0.15) is 30.8 Å². The Balaban J connectivity index is 1.43. The van der Waals surface area contributed by atoms with Gasteiger partial charge in [-0.2, -0.15) is 0 Å². The fraction of sp³-hybridized carbons (Fsp3) is 0.368. The Labute approximate surface area is 142 Å². The minimum atomic E-state index is -0.500. The van der Waals surface area contributed by atoms with Gasteiger partial charge in [0.15, 0.2) is 0 Å². The number of hydrogen-bond acceptors (Lipinski definition) is 3. The van der Waals surface area contributed by atoms with Gasteiger partial charge in [-0.1, -0.05) is 30.3 Å². The summed E-state index contributed by atoms with van der Waals surface area (Å²) in [6.45, 7) is 4.31. The Morgan fingerprint density at radius 3 is 2.42 bits per heavy atom. The summed E-state index contributed by atoms with van der Waals surface area (Å²) in [5, 5.41) is 10.2. The highest BCUT2D eigenvalue weighted by Crippen LogP contribution is 2.18. The number of nitrogens with one attached hydrogen (secondary N) is 1. The summed E-state index contributed by atoms with van der Waals surface area (Å²) < 4.78 is 19.4. The number of piperazine rings is 1. The van der Waals surface area contributed by atoms with E-state index in [2.05, 4.69) is 4.90 Å². The van der Waals surface area contributed by atoms with Gasteiger partial charge in [0.2, 0.25) is 0 Å². The zero-order valence-corrected chi connectivity index (χ0v) is 13.7. The number of rotatable bonds is 6. The van der Waals surface area contributed by atoms with Crippen molar-refractivity contribution < 1.29 is 19.1 Å². The van der Waals surface area contributed by atoms with E-state index in [1.54, 1.807) is 6.07 Å². The van der Waals surface area contributed by atoms with Crippen molar-refractivity contribution in [2.24, 2.45) is 0 Å². The molecule has 0 unspecified atom stereocenters. The van der Waals surface area contributed by atoms with E-state index in [0.29, 0.717) is 18.8 Å². The van der Waals surface area contributed by atoms with E-state index in [1.165, 1.54) is 11.0 Å². The van der Waals surface area contributed by atoms with Crippen LogP contribution in [0.4, 0.5) is 10.1 Å². The molecule has 3 rings (SSSR count). The molecule has 1 aliphatic heterocycles. The molecule has 2 aromatic rings. The average Bonchev–Trinajstić information content (AvgIpc) is 2.62. The normalized spacial score (nSPS) is 16.8. The quantitative estimate of drug-likeness (QED) is 0.828. The summed E-state index contributed by atoms with van der Waals surface area (Å²) in [6.07, 6.45) is -0.500. The molecular formula is C19H24FN2O2+. The van der Waals surface area contributed by atoms with Crippen molar-refractivity contribution in [1.29, 1.82) is 0 Å². The third-order valence-corrected chi connectivity index (χ3v) is 4.37. The van der Waals surface area contributed by atoms with Crippen LogP contribution in [0.3, 0.4) is 0 Å². The number of nitrogens with zero attached hydrogens (tertiary/aromatic N) is 1. The fourth-order valence-electron chi connectivity index (χ4n) is 3.08. The van der Waals surface area contributed by atoms with Crippen LogP contribution in [0, 0.1) is 5.82 Å². The van der Waals surface area contributed by atoms with Crippen molar-refractivity contribution in [2.75, 3.05) is 44.2 Å². The smallest absolute Gasteiger partial charge is 0.146 e. The first-order chi connectivity index (χ1) is 11.7. The summed E-state index contributed by atoms with van der Waals surface area (Å²) >= 11 is 0. The Bertz CT molecular complexity index is 630. The van der Waals surface area contributed by atoms with Crippen LogP contribution in [0.5, 0.6) is 5.75 Å². The molecular weight excluding hydrogens is 307 g/mol. The summed E-state index contributed by atoms with van der Waals surface area (Å²) in [5.74, 6) is 0.605. The predicted molar refractivity (Wildman–Crippen MR) is 92.1 cm³/mol. The van der Waals surface area contributed by atoms with Crippen LogP contribution in [0.2, 0.25) is 0 Å². The second-order valence-electron chi connectivity index (χ2n) is 6.17. The summed E-state index contributed by atoms with van der Waals surface area (Å²) in [4.78, 5) is 3.40. The molecule has 2 aromatic carbocycles. The van der Waals surface area contributed by atoms with Crippen molar-refractivity contribution in [3.8, 4) is 5.75 Å². The van der Waals surface area contributed by atoms with Gasteiger partial charge in [-0.3, -0.25) is 0 Å². The molecule has 0 amide bonds. The molecule has 0 aromatic heterocycles. The highest BCUT2D eigenvalue weighted by atomic mass is 19.1. The second-order valence-corrected chi connectivity index (χ2v) is 6.17. The molecule has 24 heavy (non-hydrogen) atoms. The predicted octanol–water partition coefficient (Wildman–Crippen LogP) is 0.971. The van der Waals surface area contributed by atoms with Crippen molar-refractivity contribution in [1.82, 2.24) is 0 Å². The molecule has 1 atom stereocenters. The van der Waals surface area contributed by atoms with Gasteiger partial charge in [-0.15, -0.1) is 0 Å². The van der Waals surface area contributed by atoms with E-state index in [-0.39, 0.29) is 5.82 Å². The maximum atomic E-state index is 13.8. The molecule has 0 bridgehead atoms. The van der Waals surface area contributed by atoms with E-state index in [0.717, 1.165) is 31.9 Å². The van der Waals surface area contributed by atoms with E-state index < -0.39 is 6.10 Å². The summed E-state index contributed by atoms with van der Waals surface area (Å²) in [6, 6.07) is 16.4. The number of ether oxygens (including phenoxy) is 1. The number of quaternary nitrogens is 1. The number of aliphatic hydroxyl groups is 1. The standard InChI is InChI=1S/C19H23FN2O2/c20-18-8-4-5-9-19(18)22-12-10-21(11-13-22)14-16(23)15-24-17-6-2-1-3-7-17/h1-9,16,23H,10-15H2/p+1/t16-/m0/s1. The van der Waals surface area contributed by atoms with Gasteiger partial charge in [0, 0.05) is 0 Å². The van der Waals surface area contributed by atoms with Crippen LogP contribution >= 0.6 is 0 Å². The van der Waals surface area contributed by atoms with Gasteiger partial charge in [-0.25, -0.2) is 4.39 Å². The maximum Gasteiger partial charge on any atom is 0.146 e. The van der Waals surface area contributed by atoms with Crippen LogP contribution < -0.4 is 14.5 Å². The van der Waals surface area contributed by atoms with Gasteiger partial charge in [0.05, 0.1) is 31.9 Å². The Kier molecular flexibility index (Phi) is 5.67. The molecule has 0 spiro atoms. The van der Waals surface area contributed by atoms with Crippen molar-refractivity contribution in [3.63, 3.8) is 0 Å². The molecule has 2 N–H and O–H groups in total. The molecule has 4 nitrogen and oxygen atoms in total. The molecule has 0 radical (unpaired) electrons. The van der Waals surface area contributed by atoms with Gasteiger partial charge < -0.3 is 19.6 Å². The molecule has 1 saturated heterocycles. The monoisotopic (exact) mass is 331 g/mol. The minimum Gasteiger partial charge on any atom is -0.491 e. The lowest BCUT2D eigenvalue weighted by molar-refractivity contribution is -0.903. The largest absolute Gasteiger partial charge is 0.491 e. The van der Waals surface area contributed by atoms with E-state index >= 15 is 0 Å². The summed E-state index contributed by atoms with van der Waals surface area (Å²) in [5.41, 5.74) is 0.671. The highest BCUT2D eigenvalue weighted by molar-refractivity contribution is 5.47.